The minimum atomic E-state index is -0.0390. The Balaban J connectivity index is 2.13. The summed E-state index contributed by atoms with van der Waals surface area (Å²) in [5.41, 5.74) is 1.08. The van der Waals surface area contributed by atoms with E-state index in [4.69, 9.17) is 21.1 Å². The first kappa shape index (κ1) is 10.2. The van der Waals surface area contributed by atoms with Crippen LogP contribution in [0.4, 0.5) is 0 Å². The Morgan fingerprint density at radius 1 is 1.38 bits per heavy atom. The number of halogens is 1. The molecule has 0 amide bonds. The van der Waals surface area contributed by atoms with Gasteiger partial charge >= 0.3 is 0 Å². The van der Waals surface area contributed by atoms with Crippen LogP contribution in [-0.2, 0) is 5.54 Å². The predicted octanol–water partition coefficient (Wildman–Crippen LogP) is 2.67. The first-order chi connectivity index (χ1) is 7.69. The van der Waals surface area contributed by atoms with Gasteiger partial charge < -0.3 is 14.8 Å². The molecule has 0 aliphatic carbocycles. The van der Waals surface area contributed by atoms with Gasteiger partial charge in [-0.15, -0.1) is 0 Å². The summed E-state index contributed by atoms with van der Waals surface area (Å²) in [6.45, 7) is 3.52. The maximum absolute atomic E-state index is 6.11. The molecule has 1 saturated heterocycles. The number of rotatable bonds is 1. The van der Waals surface area contributed by atoms with Crippen LogP contribution in [0.15, 0.2) is 12.1 Å². The van der Waals surface area contributed by atoms with Gasteiger partial charge in [0.05, 0.1) is 0 Å². The van der Waals surface area contributed by atoms with E-state index in [1.54, 1.807) is 0 Å². The van der Waals surface area contributed by atoms with Crippen molar-refractivity contribution in [1.82, 2.24) is 5.32 Å². The molecule has 3 nitrogen and oxygen atoms in total. The van der Waals surface area contributed by atoms with Gasteiger partial charge in [-0.2, -0.15) is 0 Å². The molecule has 0 saturated carbocycles. The summed E-state index contributed by atoms with van der Waals surface area (Å²) in [6, 6.07) is 3.79. The Morgan fingerprint density at radius 2 is 2.25 bits per heavy atom. The van der Waals surface area contributed by atoms with E-state index in [2.05, 4.69) is 12.2 Å². The first-order valence-corrected chi connectivity index (χ1v) is 5.91. The van der Waals surface area contributed by atoms with E-state index < -0.39 is 0 Å². The van der Waals surface area contributed by atoms with Crippen LogP contribution in [0.5, 0.6) is 11.5 Å². The third-order valence-electron chi connectivity index (χ3n) is 3.40. The minimum Gasteiger partial charge on any atom is -0.454 e. The molecule has 1 aromatic carbocycles. The van der Waals surface area contributed by atoms with E-state index in [0.29, 0.717) is 11.8 Å². The lowest BCUT2D eigenvalue weighted by atomic mass is 9.89. The van der Waals surface area contributed by atoms with Gasteiger partial charge in [-0.05, 0) is 32.4 Å². The second-order valence-corrected chi connectivity index (χ2v) is 4.99. The van der Waals surface area contributed by atoms with Gasteiger partial charge in [0, 0.05) is 22.2 Å². The highest BCUT2D eigenvalue weighted by Gasteiger charge is 2.35. The molecule has 3 rings (SSSR count). The van der Waals surface area contributed by atoms with Gasteiger partial charge in [0.1, 0.15) is 0 Å². The lowest BCUT2D eigenvalue weighted by molar-refractivity contribution is 0.172. The summed E-state index contributed by atoms with van der Waals surface area (Å²) >= 11 is 6.11. The van der Waals surface area contributed by atoms with Crippen LogP contribution < -0.4 is 14.8 Å². The number of fused-ring (bicyclic) bond motifs is 1. The van der Waals surface area contributed by atoms with Crippen molar-refractivity contribution < 1.29 is 9.47 Å². The lowest BCUT2D eigenvalue weighted by Crippen LogP contribution is -2.33. The van der Waals surface area contributed by atoms with E-state index >= 15 is 0 Å². The van der Waals surface area contributed by atoms with Crippen LogP contribution in [0.1, 0.15) is 25.3 Å². The molecule has 2 heterocycles. The van der Waals surface area contributed by atoms with Gasteiger partial charge in [-0.1, -0.05) is 11.6 Å². The second-order valence-electron chi connectivity index (χ2n) is 4.55. The van der Waals surface area contributed by atoms with Crippen LogP contribution in [0.25, 0.3) is 0 Å². The topological polar surface area (TPSA) is 30.5 Å². The molecule has 0 bridgehead atoms. The van der Waals surface area contributed by atoms with Gasteiger partial charge in [0.15, 0.2) is 11.5 Å². The average molecular weight is 240 g/mol. The Bertz CT molecular complexity index is 427. The van der Waals surface area contributed by atoms with Gasteiger partial charge in [-0.25, -0.2) is 0 Å². The summed E-state index contributed by atoms with van der Waals surface area (Å²) in [6.07, 6.45) is 2.28. The molecule has 1 unspecified atom stereocenters. The summed E-state index contributed by atoms with van der Waals surface area (Å²) < 4.78 is 10.9. The molecule has 1 atom stereocenters. The van der Waals surface area contributed by atoms with Crippen molar-refractivity contribution in [2.45, 2.75) is 25.3 Å². The monoisotopic (exact) mass is 239 g/mol. The quantitative estimate of drug-likeness (QED) is 0.817. The molecule has 1 N–H and O–H groups in total. The first-order valence-electron chi connectivity index (χ1n) is 5.54. The third kappa shape index (κ3) is 1.46. The second kappa shape index (κ2) is 3.54. The van der Waals surface area contributed by atoms with Crippen molar-refractivity contribution in [3.05, 3.63) is 22.7 Å². The molecule has 2 aliphatic rings. The molecule has 4 heteroatoms. The van der Waals surface area contributed by atoms with Crippen LogP contribution >= 0.6 is 11.6 Å². The van der Waals surface area contributed by atoms with E-state index in [0.717, 1.165) is 30.0 Å². The highest BCUT2D eigenvalue weighted by Crippen LogP contribution is 2.45. The standard InChI is InChI=1S/C12H14ClNO2/c1-12(3-2-4-14-12)9-5-8(13)6-10-11(9)16-7-15-10/h5-6,14H,2-4,7H2,1H3. The number of hydrogen-bond acceptors (Lipinski definition) is 3. The zero-order chi connectivity index (χ0) is 11.2. The van der Waals surface area contributed by atoms with E-state index in [9.17, 15) is 0 Å². The normalized spacial score (nSPS) is 27.4. The Morgan fingerprint density at radius 3 is 3.00 bits per heavy atom. The number of ether oxygens (including phenoxy) is 2. The number of hydrogen-bond donors (Lipinski definition) is 1. The van der Waals surface area contributed by atoms with E-state index in [1.165, 1.54) is 6.42 Å². The zero-order valence-electron chi connectivity index (χ0n) is 9.18. The number of benzene rings is 1. The van der Waals surface area contributed by atoms with Crippen LogP contribution in [-0.4, -0.2) is 13.3 Å². The van der Waals surface area contributed by atoms with Crippen LogP contribution in [0, 0.1) is 0 Å². The molecular weight excluding hydrogens is 226 g/mol. The van der Waals surface area contributed by atoms with E-state index in [-0.39, 0.29) is 5.54 Å². The predicted molar refractivity (Wildman–Crippen MR) is 62.2 cm³/mol. The highest BCUT2D eigenvalue weighted by atomic mass is 35.5. The van der Waals surface area contributed by atoms with Crippen molar-refractivity contribution in [3.63, 3.8) is 0 Å². The number of nitrogens with one attached hydrogen (secondary N) is 1. The maximum atomic E-state index is 6.11. The van der Waals surface area contributed by atoms with E-state index in [1.807, 2.05) is 12.1 Å². The summed E-state index contributed by atoms with van der Waals surface area (Å²) in [5.74, 6) is 1.61. The summed E-state index contributed by atoms with van der Waals surface area (Å²) in [7, 11) is 0. The molecule has 1 aromatic rings. The third-order valence-corrected chi connectivity index (χ3v) is 3.62. The van der Waals surface area contributed by atoms with Crippen molar-refractivity contribution in [2.75, 3.05) is 13.3 Å². The van der Waals surface area contributed by atoms with Gasteiger partial charge in [-0.3, -0.25) is 0 Å². The van der Waals surface area contributed by atoms with Gasteiger partial charge in [0.25, 0.3) is 0 Å². The molecule has 16 heavy (non-hydrogen) atoms. The van der Waals surface area contributed by atoms with Crippen molar-refractivity contribution in [1.29, 1.82) is 0 Å². The van der Waals surface area contributed by atoms with Crippen LogP contribution in [0.2, 0.25) is 5.02 Å². The highest BCUT2D eigenvalue weighted by molar-refractivity contribution is 6.30. The van der Waals surface area contributed by atoms with Gasteiger partial charge in [0.2, 0.25) is 6.79 Å². The molecule has 2 aliphatic heterocycles. The van der Waals surface area contributed by atoms with Crippen molar-refractivity contribution in [2.24, 2.45) is 0 Å². The summed E-state index contributed by atoms with van der Waals surface area (Å²) in [4.78, 5) is 0. The minimum absolute atomic E-state index is 0.0390. The zero-order valence-corrected chi connectivity index (χ0v) is 9.93. The molecular formula is C12H14ClNO2. The smallest absolute Gasteiger partial charge is 0.231 e. The fourth-order valence-electron chi connectivity index (χ4n) is 2.51. The molecule has 0 radical (unpaired) electrons. The maximum Gasteiger partial charge on any atom is 0.231 e. The Labute approximate surface area is 99.7 Å². The molecule has 0 spiro atoms. The SMILES string of the molecule is CC1(c2cc(Cl)cc3c2OCO3)CCCN1. The molecule has 86 valence electrons. The lowest BCUT2D eigenvalue weighted by Gasteiger charge is -2.26. The van der Waals surface area contributed by atoms with Crippen LogP contribution in [0.3, 0.4) is 0 Å². The summed E-state index contributed by atoms with van der Waals surface area (Å²) in [5, 5.41) is 4.21. The largest absolute Gasteiger partial charge is 0.454 e. The molecule has 1 fully saturated rings. The van der Waals surface area contributed by atoms with Crippen molar-refractivity contribution >= 4 is 11.6 Å². The van der Waals surface area contributed by atoms with Crippen molar-refractivity contribution in [3.8, 4) is 11.5 Å². The molecule has 0 aromatic heterocycles. The Kier molecular flexibility index (Phi) is 2.26. The fraction of sp³-hybridized carbons (Fsp3) is 0.500. The fourth-order valence-corrected chi connectivity index (χ4v) is 2.72. The average Bonchev–Trinajstić information content (AvgIpc) is 2.85. The Hall–Kier alpha value is -0.930.